The van der Waals surface area contributed by atoms with Gasteiger partial charge in [0.25, 0.3) is 5.78 Å². The number of aryl methyl sites for hydroxylation is 2. The molecule has 0 amide bonds. The van der Waals surface area contributed by atoms with E-state index in [1.54, 1.807) is 18.9 Å². The van der Waals surface area contributed by atoms with E-state index in [-0.39, 0.29) is 0 Å². The maximum Gasteiger partial charge on any atom is 0.256 e. The minimum atomic E-state index is 0.640. The number of nitrogens with zero attached hydrogens (tertiary/aromatic N) is 4. The first-order valence-electron chi connectivity index (χ1n) is 6.73. The van der Waals surface area contributed by atoms with E-state index < -0.39 is 0 Å². The number of ether oxygens (including phenoxy) is 1. The van der Waals surface area contributed by atoms with Crippen LogP contribution in [0.4, 0.5) is 0 Å². The Labute approximate surface area is 141 Å². The molecule has 0 aliphatic carbocycles. The fourth-order valence-electron chi connectivity index (χ4n) is 2.30. The summed E-state index contributed by atoms with van der Waals surface area (Å²) in [5, 5.41) is 9.24. The highest BCUT2D eigenvalue weighted by molar-refractivity contribution is 9.10. The number of hydrogen-bond acceptors (Lipinski definition) is 5. The van der Waals surface area contributed by atoms with Crippen LogP contribution < -0.4 is 4.74 Å². The van der Waals surface area contributed by atoms with E-state index >= 15 is 0 Å². The summed E-state index contributed by atoms with van der Waals surface area (Å²) >= 11 is 5.11. The first-order chi connectivity index (χ1) is 10.6. The van der Waals surface area contributed by atoms with Gasteiger partial charge in [-0.2, -0.15) is 0 Å². The lowest BCUT2D eigenvalue weighted by Crippen LogP contribution is -1.98. The molecule has 0 atom stereocenters. The van der Waals surface area contributed by atoms with Gasteiger partial charge < -0.3 is 4.74 Å². The zero-order valence-electron chi connectivity index (χ0n) is 12.5. The lowest BCUT2D eigenvalue weighted by atomic mass is 10.2. The molecule has 0 N–H and O–H groups in total. The predicted octanol–water partition coefficient (Wildman–Crippen LogP) is 3.80. The monoisotopic (exact) mass is 378 g/mol. The molecule has 1 aromatic carbocycles. The van der Waals surface area contributed by atoms with Crippen LogP contribution in [0.3, 0.4) is 0 Å². The van der Waals surface area contributed by atoms with Crippen LogP contribution in [0.25, 0.3) is 5.78 Å². The van der Waals surface area contributed by atoms with E-state index in [9.17, 15) is 0 Å². The Hall–Kier alpha value is -1.60. The zero-order valence-corrected chi connectivity index (χ0v) is 14.9. The smallest absolute Gasteiger partial charge is 0.256 e. The van der Waals surface area contributed by atoms with Crippen LogP contribution in [0.5, 0.6) is 5.75 Å². The van der Waals surface area contributed by atoms with Gasteiger partial charge in [-0.15, -0.1) is 10.2 Å². The van der Waals surface area contributed by atoms with Gasteiger partial charge in [-0.05, 0) is 38.1 Å². The fourth-order valence-corrected chi connectivity index (χ4v) is 3.67. The molecule has 0 radical (unpaired) electrons. The standard InChI is InChI=1S/C15H15BrN4OS/c1-9-6-10(2)20-14(17-9)18-19-15(20)22-8-11-7-12(16)4-5-13(11)21-3/h4-7H,8H2,1-3H3. The average molecular weight is 379 g/mol. The van der Waals surface area contributed by atoms with Crippen molar-refractivity contribution in [3.63, 3.8) is 0 Å². The first kappa shape index (κ1) is 15.3. The van der Waals surface area contributed by atoms with Crippen molar-refractivity contribution in [1.82, 2.24) is 19.6 Å². The third kappa shape index (κ3) is 2.96. The van der Waals surface area contributed by atoms with Crippen molar-refractivity contribution < 1.29 is 4.74 Å². The Morgan fingerprint density at radius 2 is 2.05 bits per heavy atom. The topological polar surface area (TPSA) is 52.3 Å². The van der Waals surface area contributed by atoms with Crippen molar-refractivity contribution in [2.24, 2.45) is 0 Å². The Morgan fingerprint density at radius 1 is 1.23 bits per heavy atom. The van der Waals surface area contributed by atoms with E-state index in [4.69, 9.17) is 4.74 Å². The summed E-state index contributed by atoms with van der Waals surface area (Å²) in [7, 11) is 1.68. The van der Waals surface area contributed by atoms with Crippen molar-refractivity contribution in [2.75, 3.05) is 7.11 Å². The van der Waals surface area contributed by atoms with E-state index in [1.165, 1.54) is 0 Å². The van der Waals surface area contributed by atoms with Crippen molar-refractivity contribution in [1.29, 1.82) is 0 Å². The van der Waals surface area contributed by atoms with Crippen LogP contribution in [0.15, 0.2) is 33.9 Å². The maximum absolute atomic E-state index is 5.41. The molecule has 0 saturated carbocycles. The number of aromatic nitrogens is 4. The number of rotatable bonds is 4. The maximum atomic E-state index is 5.41. The second kappa shape index (κ2) is 6.26. The average Bonchev–Trinajstić information content (AvgIpc) is 2.88. The Balaban J connectivity index is 1.90. The lowest BCUT2D eigenvalue weighted by molar-refractivity contribution is 0.411. The quantitative estimate of drug-likeness (QED) is 0.646. The van der Waals surface area contributed by atoms with Crippen LogP contribution >= 0.6 is 27.7 Å². The summed E-state index contributed by atoms with van der Waals surface area (Å²) in [5.74, 6) is 2.26. The third-order valence-electron chi connectivity index (χ3n) is 3.26. The molecule has 0 aliphatic rings. The number of benzene rings is 1. The van der Waals surface area contributed by atoms with Crippen LogP contribution in [0, 0.1) is 13.8 Å². The third-order valence-corrected chi connectivity index (χ3v) is 4.73. The Bertz CT molecular complexity index is 834. The molecule has 0 unspecified atom stereocenters. The molecule has 3 aromatic rings. The van der Waals surface area contributed by atoms with Gasteiger partial charge in [-0.1, -0.05) is 27.7 Å². The number of fused-ring (bicyclic) bond motifs is 1. The largest absolute Gasteiger partial charge is 0.496 e. The van der Waals surface area contributed by atoms with E-state index in [0.717, 1.165) is 38.1 Å². The van der Waals surface area contributed by atoms with E-state index in [1.807, 2.05) is 36.4 Å². The molecule has 2 aromatic heterocycles. The molecule has 0 bridgehead atoms. The molecule has 114 valence electrons. The molecule has 0 fully saturated rings. The van der Waals surface area contributed by atoms with Crippen molar-refractivity contribution in [2.45, 2.75) is 24.8 Å². The van der Waals surface area contributed by atoms with Crippen LogP contribution in [-0.2, 0) is 5.75 Å². The molecular formula is C15H15BrN4OS. The summed E-state index contributed by atoms with van der Waals surface area (Å²) in [6, 6.07) is 8.01. The molecule has 22 heavy (non-hydrogen) atoms. The van der Waals surface area contributed by atoms with E-state index in [0.29, 0.717) is 5.78 Å². The Kier molecular flexibility index (Phi) is 4.35. The van der Waals surface area contributed by atoms with Gasteiger partial charge in [0.2, 0.25) is 0 Å². The summed E-state index contributed by atoms with van der Waals surface area (Å²) < 4.78 is 8.41. The van der Waals surface area contributed by atoms with Crippen LogP contribution in [-0.4, -0.2) is 26.7 Å². The van der Waals surface area contributed by atoms with Gasteiger partial charge in [0, 0.05) is 27.2 Å². The van der Waals surface area contributed by atoms with Gasteiger partial charge in [-0.25, -0.2) is 4.98 Å². The SMILES string of the molecule is COc1ccc(Br)cc1CSc1nnc2nc(C)cc(C)n12. The first-order valence-corrected chi connectivity index (χ1v) is 8.51. The van der Waals surface area contributed by atoms with Gasteiger partial charge in [0.15, 0.2) is 5.16 Å². The molecule has 2 heterocycles. The molecular weight excluding hydrogens is 364 g/mol. The van der Waals surface area contributed by atoms with Crippen LogP contribution in [0.1, 0.15) is 17.0 Å². The summed E-state index contributed by atoms with van der Waals surface area (Å²) in [4.78, 5) is 4.40. The molecule has 5 nitrogen and oxygen atoms in total. The highest BCUT2D eigenvalue weighted by Crippen LogP contribution is 2.29. The van der Waals surface area contributed by atoms with Crippen molar-refractivity contribution >= 4 is 33.5 Å². The number of methoxy groups -OCH3 is 1. The Morgan fingerprint density at radius 3 is 2.82 bits per heavy atom. The second-order valence-corrected chi connectivity index (χ2v) is 6.76. The van der Waals surface area contributed by atoms with Gasteiger partial charge in [-0.3, -0.25) is 4.40 Å². The summed E-state index contributed by atoms with van der Waals surface area (Å²) in [5.41, 5.74) is 3.13. The van der Waals surface area contributed by atoms with Crippen LogP contribution in [0.2, 0.25) is 0 Å². The normalized spacial score (nSPS) is 11.1. The molecule has 0 spiro atoms. The fraction of sp³-hybridized carbons (Fsp3) is 0.267. The lowest BCUT2D eigenvalue weighted by Gasteiger charge is -2.08. The predicted molar refractivity (Wildman–Crippen MR) is 90.5 cm³/mol. The summed E-state index contributed by atoms with van der Waals surface area (Å²) in [6.07, 6.45) is 0. The number of hydrogen-bond donors (Lipinski definition) is 0. The van der Waals surface area contributed by atoms with E-state index in [2.05, 4.69) is 37.2 Å². The highest BCUT2D eigenvalue weighted by atomic mass is 79.9. The van der Waals surface area contributed by atoms with Crippen molar-refractivity contribution in [3.05, 3.63) is 45.7 Å². The number of halogens is 1. The molecule has 0 saturated heterocycles. The minimum Gasteiger partial charge on any atom is -0.496 e. The highest BCUT2D eigenvalue weighted by Gasteiger charge is 2.12. The minimum absolute atomic E-state index is 0.640. The van der Waals surface area contributed by atoms with Gasteiger partial charge >= 0.3 is 0 Å². The van der Waals surface area contributed by atoms with Gasteiger partial charge in [0.05, 0.1) is 7.11 Å². The molecule has 0 aliphatic heterocycles. The van der Waals surface area contributed by atoms with Crippen molar-refractivity contribution in [3.8, 4) is 5.75 Å². The van der Waals surface area contributed by atoms with Gasteiger partial charge in [0.1, 0.15) is 5.75 Å². The molecule has 3 rings (SSSR count). The zero-order chi connectivity index (χ0) is 15.7. The molecule has 7 heteroatoms. The number of thioether (sulfide) groups is 1. The summed E-state index contributed by atoms with van der Waals surface area (Å²) in [6.45, 7) is 4.00. The second-order valence-electron chi connectivity index (χ2n) is 4.90.